The van der Waals surface area contributed by atoms with Gasteiger partial charge in [0.05, 0.1) is 13.2 Å². The highest BCUT2D eigenvalue weighted by atomic mass is 16.5. The van der Waals surface area contributed by atoms with Gasteiger partial charge in [0.2, 0.25) is 0 Å². The van der Waals surface area contributed by atoms with Crippen LogP contribution >= 0.6 is 0 Å². The molecule has 3 heteroatoms. The molecule has 0 saturated carbocycles. The Bertz CT molecular complexity index is 171. The van der Waals surface area contributed by atoms with Crippen LogP contribution in [0.25, 0.3) is 0 Å². The Kier molecular flexibility index (Phi) is 14.8. The van der Waals surface area contributed by atoms with Gasteiger partial charge < -0.3 is 14.6 Å². The zero-order valence-electron chi connectivity index (χ0n) is 7.90. The molecule has 0 atom stereocenters. The molecule has 0 aliphatic rings. The molecule has 0 aromatic rings. The number of ether oxygens (including phenoxy) is 1. The van der Waals surface area contributed by atoms with Crippen molar-refractivity contribution in [1.82, 2.24) is 0 Å². The third kappa shape index (κ3) is 13.8. The van der Waals surface area contributed by atoms with Gasteiger partial charge >= 0.3 is 0 Å². The first-order chi connectivity index (χ1) is 6.26. The van der Waals surface area contributed by atoms with Crippen molar-refractivity contribution in [2.45, 2.75) is 0 Å². The molecule has 13 heavy (non-hydrogen) atoms. The fourth-order valence-electron chi connectivity index (χ4n) is 0.493. The summed E-state index contributed by atoms with van der Waals surface area (Å²) < 4.78 is 4.86. The molecule has 1 N–H and O–H groups in total. The summed E-state index contributed by atoms with van der Waals surface area (Å²) in [7, 11) is 1.65. The molecule has 0 radical (unpaired) electrons. The number of aliphatic hydroxyl groups excluding tert-OH is 1. The predicted molar refractivity (Wildman–Crippen MR) is 53.5 cm³/mol. The van der Waals surface area contributed by atoms with Gasteiger partial charge in [-0.3, -0.25) is 0 Å². The molecule has 0 aromatic heterocycles. The van der Waals surface area contributed by atoms with E-state index in [-0.39, 0.29) is 6.61 Å². The number of aliphatic hydroxyl groups is 1. The molecule has 0 aliphatic carbocycles. The summed E-state index contributed by atoms with van der Waals surface area (Å²) in [5.74, 6) is 0. The highest BCUT2D eigenvalue weighted by molar-refractivity contribution is 5.49. The van der Waals surface area contributed by atoms with Crippen molar-refractivity contribution in [2.24, 2.45) is 0 Å². The summed E-state index contributed by atoms with van der Waals surface area (Å²) in [5, 5.41) is 7.51. The lowest BCUT2D eigenvalue weighted by molar-refractivity contribution is -0.110. The average molecular weight is 184 g/mol. The summed E-state index contributed by atoms with van der Waals surface area (Å²) >= 11 is 0. The molecule has 0 amide bonds. The maximum absolute atomic E-state index is 8.92. The first-order valence-corrected chi connectivity index (χ1v) is 3.74. The average Bonchev–Trinajstić information content (AvgIpc) is 2.18. The molecule has 3 nitrogen and oxygen atoms in total. The maximum atomic E-state index is 8.92. The van der Waals surface area contributed by atoms with Crippen LogP contribution < -0.4 is 0 Å². The van der Waals surface area contributed by atoms with Gasteiger partial charge in [0.25, 0.3) is 0 Å². The van der Waals surface area contributed by atoms with Crippen LogP contribution in [0.2, 0.25) is 0 Å². The fraction of sp³-hybridized carbons (Fsp3) is 0.300. The fourth-order valence-corrected chi connectivity index (χ4v) is 0.493. The van der Waals surface area contributed by atoms with Crippen molar-refractivity contribution in [3.05, 3.63) is 37.0 Å². The molecule has 74 valence electrons. The third-order valence-electron chi connectivity index (χ3n) is 0.980. The van der Waals surface area contributed by atoms with E-state index >= 15 is 0 Å². The first-order valence-electron chi connectivity index (χ1n) is 3.74. The van der Waals surface area contributed by atoms with Crippen LogP contribution in [0.15, 0.2) is 37.0 Å². The molecule has 0 spiro atoms. The smallest absolute Gasteiger partial charge is 0.145 e. The Labute approximate surface area is 79.0 Å². The van der Waals surface area contributed by atoms with Gasteiger partial charge in [-0.05, 0) is 5.57 Å². The molecule has 0 aromatic carbocycles. The molecule has 0 unspecified atom stereocenters. The van der Waals surface area contributed by atoms with Crippen LogP contribution in [-0.2, 0) is 9.53 Å². The number of methoxy groups -OCH3 is 1. The van der Waals surface area contributed by atoms with Crippen LogP contribution in [0.4, 0.5) is 0 Å². The largest absolute Gasteiger partial charge is 0.389 e. The predicted octanol–water partition coefficient (Wildman–Crippen LogP) is 1.11. The normalized spacial score (nSPS) is 9.54. The van der Waals surface area contributed by atoms with Crippen molar-refractivity contribution in [1.29, 1.82) is 0 Å². The quantitative estimate of drug-likeness (QED) is 0.514. The van der Waals surface area contributed by atoms with E-state index in [9.17, 15) is 0 Å². The summed E-state index contributed by atoms with van der Waals surface area (Å²) in [4.78, 5) is 8.92. The molecule has 0 fully saturated rings. The first kappa shape index (κ1) is 14.3. The van der Waals surface area contributed by atoms with E-state index in [0.29, 0.717) is 12.9 Å². The van der Waals surface area contributed by atoms with E-state index < -0.39 is 0 Å². The second-order valence-corrected chi connectivity index (χ2v) is 1.96. The van der Waals surface area contributed by atoms with Crippen LogP contribution in [-0.4, -0.2) is 31.7 Å². The molecular weight excluding hydrogens is 168 g/mol. The minimum Gasteiger partial charge on any atom is -0.389 e. The van der Waals surface area contributed by atoms with Gasteiger partial charge in [-0.1, -0.05) is 31.4 Å². The third-order valence-corrected chi connectivity index (χ3v) is 0.980. The number of hydrogen-bond donors (Lipinski definition) is 1. The van der Waals surface area contributed by atoms with Crippen LogP contribution in [0.5, 0.6) is 0 Å². The Morgan fingerprint density at radius 3 is 2.31 bits per heavy atom. The lowest BCUT2D eigenvalue weighted by Crippen LogP contribution is -1.89. The van der Waals surface area contributed by atoms with E-state index in [4.69, 9.17) is 14.6 Å². The van der Waals surface area contributed by atoms with Crippen molar-refractivity contribution < 1.29 is 14.6 Å². The number of hydrogen-bond acceptors (Lipinski definition) is 3. The van der Waals surface area contributed by atoms with Crippen LogP contribution in [0.1, 0.15) is 0 Å². The van der Waals surface area contributed by atoms with Gasteiger partial charge in [0.1, 0.15) is 6.29 Å². The Hall–Kier alpha value is -1.19. The number of carbonyl (C=O) groups is 1. The SMILES string of the molecule is C=C/C=C(\C=C)COC.O=CCO. The van der Waals surface area contributed by atoms with Crippen molar-refractivity contribution in [2.75, 3.05) is 20.3 Å². The topological polar surface area (TPSA) is 46.5 Å². The van der Waals surface area contributed by atoms with Crippen molar-refractivity contribution in [3.63, 3.8) is 0 Å². The van der Waals surface area contributed by atoms with E-state index in [1.807, 2.05) is 6.08 Å². The Balaban J connectivity index is 0. The molecular formula is C10H16O3. The van der Waals surface area contributed by atoms with Gasteiger partial charge in [-0.25, -0.2) is 0 Å². The number of carbonyl (C=O) groups excluding carboxylic acids is 1. The second-order valence-electron chi connectivity index (χ2n) is 1.96. The molecule has 0 heterocycles. The standard InChI is InChI=1S/C8H12O.C2H4O2/c1-4-6-8(5-2)7-9-3;3-1-2-4/h4-6H,1-2,7H2,3H3;1,4H,2H2/b8-6+;. The van der Waals surface area contributed by atoms with Gasteiger partial charge in [-0.2, -0.15) is 0 Å². The number of aldehydes is 1. The van der Waals surface area contributed by atoms with E-state index in [0.717, 1.165) is 5.57 Å². The summed E-state index contributed by atoms with van der Waals surface area (Å²) in [6, 6.07) is 0. The zero-order valence-corrected chi connectivity index (χ0v) is 7.90. The number of rotatable bonds is 5. The van der Waals surface area contributed by atoms with Crippen LogP contribution in [0.3, 0.4) is 0 Å². The summed E-state index contributed by atoms with van der Waals surface area (Å²) in [6.07, 6.45) is 5.78. The molecule has 0 bridgehead atoms. The van der Waals surface area contributed by atoms with Crippen LogP contribution in [0, 0.1) is 0 Å². The zero-order chi connectivity index (χ0) is 10.5. The lowest BCUT2D eigenvalue weighted by Gasteiger charge is -1.95. The van der Waals surface area contributed by atoms with E-state index in [1.165, 1.54) is 0 Å². The number of allylic oxidation sites excluding steroid dienone is 2. The Morgan fingerprint density at radius 2 is 2.08 bits per heavy atom. The van der Waals surface area contributed by atoms with Gasteiger partial charge in [0.15, 0.2) is 0 Å². The minimum absolute atomic E-state index is 0.361. The van der Waals surface area contributed by atoms with Crippen molar-refractivity contribution in [3.8, 4) is 0 Å². The monoisotopic (exact) mass is 184 g/mol. The highest BCUT2D eigenvalue weighted by Crippen LogP contribution is 1.94. The summed E-state index contributed by atoms with van der Waals surface area (Å²) in [5.41, 5.74) is 1.05. The lowest BCUT2D eigenvalue weighted by atomic mass is 10.2. The highest BCUT2D eigenvalue weighted by Gasteiger charge is 1.84. The Morgan fingerprint density at radius 1 is 1.54 bits per heavy atom. The maximum Gasteiger partial charge on any atom is 0.145 e. The van der Waals surface area contributed by atoms with Crippen molar-refractivity contribution >= 4 is 6.29 Å². The summed E-state index contributed by atoms with van der Waals surface area (Å²) in [6.45, 7) is 7.40. The van der Waals surface area contributed by atoms with E-state index in [2.05, 4.69) is 13.2 Å². The molecule has 0 rings (SSSR count). The molecule has 0 saturated heterocycles. The van der Waals surface area contributed by atoms with Gasteiger partial charge in [0, 0.05) is 7.11 Å². The van der Waals surface area contributed by atoms with E-state index in [1.54, 1.807) is 19.3 Å². The second kappa shape index (κ2) is 13.4. The van der Waals surface area contributed by atoms with Gasteiger partial charge in [-0.15, -0.1) is 0 Å². The minimum atomic E-state index is -0.361. The molecule has 0 aliphatic heterocycles.